The smallest absolute Gasteiger partial charge is 0.151 e. The predicted octanol–water partition coefficient (Wildman–Crippen LogP) is 4.78. The van der Waals surface area contributed by atoms with Gasteiger partial charge in [0.15, 0.2) is 5.75 Å². The highest BCUT2D eigenvalue weighted by Gasteiger charge is 2.09. The maximum atomic E-state index is 9.35. The van der Waals surface area contributed by atoms with Crippen molar-refractivity contribution in [3.05, 3.63) is 71.2 Å². The summed E-state index contributed by atoms with van der Waals surface area (Å²) in [5.41, 5.74) is 0.672. The second-order valence-corrected chi connectivity index (χ2v) is 4.90. The normalized spacial score (nSPS) is 10.7. The second kappa shape index (κ2) is 5.53. The molecule has 0 saturated carbocycles. The summed E-state index contributed by atoms with van der Waals surface area (Å²) in [5.74, 6) is 1.21. The van der Waals surface area contributed by atoms with E-state index in [0.717, 1.165) is 10.8 Å². The van der Waals surface area contributed by atoms with Gasteiger partial charge in [-0.05, 0) is 29.0 Å². The highest BCUT2D eigenvalue weighted by Crippen LogP contribution is 2.34. The zero-order valence-electron chi connectivity index (χ0n) is 10.7. The molecule has 3 aromatic carbocycles. The number of aliphatic hydroxyl groups is 1. The van der Waals surface area contributed by atoms with E-state index in [1.165, 1.54) is 0 Å². The Hall–Kier alpha value is -2.03. The minimum atomic E-state index is -0.108. The number of aliphatic hydroxyl groups excluding tert-OH is 1. The lowest BCUT2D eigenvalue weighted by molar-refractivity contribution is 0.276. The molecule has 0 saturated heterocycles. The number of halogens is 1. The first kappa shape index (κ1) is 13.0. The largest absolute Gasteiger partial charge is 0.455 e. The van der Waals surface area contributed by atoms with Crippen molar-refractivity contribution in [3.63, 3.8) is 0 Å². The average Bonchev–Trinajstić information content (AvgIpc) is 2.49. The number of benzene rings is 3. The van der Waals surface area contributed by atoms with Gasteiger partial charge in [-0.1, -0.05) is 54.1 Å². The third kappa shape index (κ3) is 2.48. The van der Waals surface area contributed by atoms with E-state index >= 15 is 0 Å². The van der Waals surface area contributed by atoms with E-state index in [9.17, 15) is 5.11 Å². The van der Waals surface area contributed by atoms with Crippen LogP contribution >= 0.6 is 11.6 Å². The van der Waals surface area contributed by atoms with Crippen molar-refractivity contribution in [1.29, 1.82) is 0 Å². The molecular formula is C17H13ClO2. The monoisotopic (exact) mass is 284 g/mol. The lowest BCUT2D eigenvalue weighted by Crippen LogP contribution is -1.92. The van der Waals surface area contributed by atoms with Crippen molar-refractivity contribution in [2.75, 3.05) is 0 Å². The van der Waals surface area contributed by atoms with E-state index in [4.69, 9.17) is 16.3 Å². The molecule has 3 heteroatoms. The first-order valence-electron chi connectivity index (χ1n) is 6.33. The predicted molar refractivity (Wildman–Crippen MR) is 81.4 cm³/mol. The molecule has 0 fully saturated rings. The zero-order valence-corrected chi connectivity index (χ0v) is 11.5. The molecule has 100 valence electrons. The Balaban J connectivity index is 2.01. The van der Waals surface area contributed by atoms with Crippen molar-refractivity contribution in [2.45, 2.75) is 6.61 Å². The summed E-state index contributed by atoms with van der Waals surface area (Å²) >= 11 is 6.14. The third-order valence-electron chi connectivity index (χ3n) is 3.16. The molecule has 0 aromatic heterocycles. The minimum absolute atomic E-state index is 0.108. The lowest BCUT2D eigenvalue weighted by atomic mass is 10.1. The Morgan fingerprint density at radius 1 is 0.900 bits per heavy atom. The highest BCUT2D eigenvalue weighted by molar-refractivity contribution is 6.32. The Kier molecular flexibility index (Phi) is 3.59. The Morgan fingerprint density at radius 2 is 1.70 bits per heavy atom. The molecule has 1 N–H and O–H groups in total. The van der Waals surface area contributed by atoms with E-state index in [-0.39, 0.29) is 6.61 Å². The molecule has 3 aromatic rings. The standard InChI is InChI=1S/C17H13ClO2/c18-16-7-3-6-14(11-19)17(16)20-15-9-8-12-4-1-2-5-13(12)10-15/h1-10,19H,11H2. The summed E-state index contributed by atoms with van der Waals surface area (Å²) in [5, 5.41) is 12.1. The average molecular weight is 285 g/mol. The van der Waals surface area contributed by atoms with Gasteiger partial charge in [-0.2, -0.15) is 0 Å². The molecule has 20 heavy (non-hydrogen) atoms. The lowest BCUT2D eigenvalue weighted by Gasteiger charge is -2.12. The van der Waals surface area contributed by atoms with Crippen molar-refractivity contribution >= 4 is 22.4 Å². The zero-order chi connectivity index (χ0) is 13.9. The van der Waals surface area contributed by atoms with Crippen molar-refractivity contribution in [1.82, 2.24) is 0 Å². The van der Waals surface area contributed by atoms with Crippen LogP contribution in [0.1, 0.15) is 5.56 Å². The van der Waals surface area contributed by atoms with Crippen LogP contribution < -0.4 is 4.74 Å². The summed E-state index contributed by atoms with van der Waals surface area (Å²) in [6.45, 7) is -0.108. The fraction of sp³-hybridized carbons (Fsp3) is 0.0588. The number of ether oxygens (including phenoxy) is 1. The van der Waals surface area contributed by atoms with E-state index < -0.39 is 0 Å². The maximum absolute atomic E-state index is 9.35. The van der Waals surface area contributed by atoms with Crippen LogP contribution in [0.5, 0.6) is 11.5 Å². The molecule has 3 rings (SSSR count). The molecule has 0 radical (unpaired) electrons. The molecule has 0 aliphatic rings. The van der Waals surface area contributed by atoms with Gasteiger partial charge in [0.1, 0.15) is 5.75 Å². The maximum Gasteiger partial charge on any atom is 0.151 e. The van der Waals surface area contributed by atoms with E-state index in [1.807, 2.05) is 42.5 Å². The van der Waals surface area contributed by atoms with Crippen LogP contribution in [0.2, 0.25) is 5.02 Å². The van der Waals surface area contributed by atoms with Gasteiger partial charge < -0.3 is 9.84 Å². The first-order valence-corrected chi connectivity index (χ1v) is 6.70. The van der Waals surface area contributed by atoms with E-state index in [0.29, 0.717) is 22.1 Å². The number of fused-ring (bicyclic) bond motifs is 1. The Labute approximate surface area is 122 Å². The molecular weight excluding hydrogens is 272 g/mol. The second-order valence-electron chi connectivity index (χ2n) is 4.50. The number of rotatable bonds is 3. The topological polar surface area (TPSA) is 29.5 Å². The van der Waals surface area contributed by atoms with E-state index in [1.54, 1.807) is 18.2 Å². The van der Waals surface area contributed by atoms with Gasteiger partial charge in [-0.3, -0.25) is 0 Å². The quantitative estimate of drug-likeness (QED) is 0.750. The SMILES string of the molecule is OCc1cccc(Cl)c1Oc1ccc2ccccc2c1. The molecule has 2 nitrogen and oxygen atoms in total. The summed E-state index contributed by atoms with van der Waals surface area (Å²) in [7, 11) is 0. The summed E-state index contributed by atoms with van der Waals surface area (Å²) in [4.78, 5) is 0. The van der Waals surface area contributed by atoms with Crippen LogP contribution in [-0.2, 0) is 6.61 Å². The van der Waals surface area contributed by atoms with Gasteiger partial charge >= 0.3 is 0 Å². The van der Waals surface area contributed by atoms with Crippen molar-refractivity contribution in [2.24, 2.45) is 0 Å². The molecule has 0 atom stereocenters. The number of hydrogen-bond donors (Lipinski definition) is 1. The molecule has 0 heterocycles. The van der Waals surface area contributed by atoms with Gasteiger partial charge in [0, 0.05) is 5.56 Å². The minimum Gasteiger partial charge on any atom is -0.455 e. The summed E-state index contributed by atoms with van der Waals surface area (Å²) < 4.78 is 5.85. The fourth-order valence-electron chi connectivity index (χ4n) is 2.14. The molecule has 0 amide bonds. The number of para-hydroxylation sites is 1. The molecule has 0 spiro atoms. The molecule has 0 unspecified atom stereocenters. The van der Waals surface area contributed by atoms with Gasteiger partial charge in [0.05, 0.1) is 11.6 Å². The van der Waals surface area contributed by atoms with Crippen LogP contribution in [-0.4, -0.2) is 5.11 Å². The van der Waals surface area contributed by atoms with Crippen molar-refractivity contribution in [3.8, 4) is 11.5 Å². The molecule has 0 bridgehead atoms. The van der Waals surface area contributed by atoms with Gasteiger partial charge in [-0.25, -0.2) is 0 Å². The van der Waals surface area contributed by atoms with Crippen molar-refractivity contribution < 1.29 is 9.84 Å². The van der Waals surface area contributed by atoms with E-state index in [2.05, 4.69) is 0 Å². The highest BCUT2D eigenvalue weighted by atomic mass is 35.5. The Bertz CT molecular complexity index is 753. The molecule has 0 aliphatic carbocycles. The van der Waals surface area contributed by atoms with Crippen LogP contribution in [0.15, 0.2) is 60.7 Å². The fourth-order valence-corrected chi connectivity index (χ4v) is 2.37. The van der Waals surface area contributed by atoms with Gasteiger partial charge in [0.2, 0.25) is 0 Å². The van der Waals surface area contributed by atoms with Crippen LogP contribution in [0.3, 0.4) is 0 Å². The van der Waals surface area contributed by atoms with Crippen LogP contribution in [0, 0.1) is 0 Å². The first-order chi connectivity index (χ1) is 9.78. The molecule has 0 aliphatic heterocycles. The van der Waals surface area contributed by atoms with Crippen LogP contribution in [0.25, 0.3) is 10.8 Å². The summed E-state index contributed by atoms with van der Waals surface area (Å²) in [6, 6.07) is 19.3. The summed E-state index contributed by atoms with van der Waals surface area (Å²) in [6.07, 6.45) is 0. The number of hydrogen-bond acceptors (Lipinski definition) is 2. The van der Waals surface area contributed by atoms with Gasteiger partial charge in [0.25, 0.3) is 0 Å². The van der Waals surface area contributed by atoms with Gasteiger partial charge in [-0.15, -0.1) is 0 Å². The third-order valence-corrected chi connectivity index (χ3v) is 3.46. The Morgan fingerprint density at radius 3 is 2.50 bits per heavy atom. The van der Waals surface area contributed by atoms with Crippen LogP contribution in [0.4, 0.5) is 0 Å².